The van der Waals surface area contributed by atoms with Gasteiger partial charge in [0.1, 0.15) is 0 Å². The molecule has 0 spiro atoms. The average molecular weight is 442 g/mol. The highest BCUT2D eigenvalue weighted by atomic mass is 35.5. The number of anilines is 1. The van der Waals surface area contributed by atoms with E-state index >= 15 is 0 Å². The third-order valence-corrected chi connectivity index (χ3v) is 5.97. The number of amides is 1. The van der Waals surface area contributed by atoms with E-state index in [1.807, 2.05) is 6.07 Å². The summed E-state index contributed by atoms with van der Waals surface area (Å²) in [6, 6.07) is 3.59. The van der Waals surface area contributed by atoms with Gasteiger partial charge in [-0.15, -0.1) is 0 Å². The molecule has 0 unspecified atom stereocenters. The van der Waals surface area contributed by atoms with E-state index in [0.717, 1.165) is 30.7 Å². The lowest BCUT2D eigenvalue weighted by Crippen LogP contribution is -2.22. The highest BCUT2D eigenvalue weighted by Gasteiger charge is 2.34. The molecule has 0 atom stereocenters. The first-order valence-corrected chi connectivity index (χ1v) is 10.1. The largest absolute Gasteiger partial charge is 0.416 e. The van der Waals surface area contributed by atoms with Crippen molar-refractivity contribution in [1.29, 1.82) is 0 Å². The fourth-order valence-corrected chi connectivity index (χ4v) is 4.25. The molecule has 1 fully saturated rings. The number of halogens is 4. The molecule has 1 aromatic heterocycles. The predicted octanol–water partition coefficient (Wildman–Crippen LogP) is 4.73. The fraction of sp³-hybridized carbons (Fsp3) is 0.429. The van der Waals surface area contributed by atoms with E-state index in [2.05, 4.69) is 10.3 Å². The van der Waals surface area contributed by atoms with E-state index in [9.17, 15) is 23.1 Å². The van der Waals surface area contributed by atoms with Gasteiger partial charge in [-0.2, -0.15) is 13.2 Å². The highest BCUT2D eigenvalue weighted by molar-refractivity contribution is 6.34. The molecule has 4 N–H and O–H groups in total. The maximum absolute atomic E-state index is 13.3. The summed E-state index contributed by atoms with van der Waals surface area (Å²) in [7, 11) is 0. The normalized spacial score (nSPS) is 19.5. The van der Waals surface area contributed by atoms with E-state index in [0.29, 0.717) is 36.4 Å². The molecule has 0 radical (unpaired) electrons. The lowest BCUT2D eigenvalue weighted by atomic mass is 9.78. The molecular weight excluding hydrogens is 419 g/mol. The van der Waals surface area contributed by atoms with Gasteiger partial charge >= 0.3 is 6.18 Å². The molecule has 2 aromatic rings. The third kappa shape index (κ3) is 5.23. The number of nitrogens with zero attached hydrogens (tertiary/aromatic N) is 1. The lowest BCUT2D eigenvalue weighted by molar-refractivity contribution is -0.137. The number of rotatable bonds is 6. The molecule has 1 heterocycles. The van der Waals surface area contributed by atoms with Crippen LogP contribution < -0.4 is 11.1 Å². The Labute approximate surface area is 177 Å². The van der Waals surface area contributed by atoms with E-state index < -0.39 is 17.6 Å². The van der Waals surface area contributed by atoms with Crippen molar-refractivity contribution in [2.45, 2.75) is 44.4 Å². The Hall–Kier alpha value is -2.32. The van der Waals surface area contributed by atoms with Crippen LogP contribution in [0.4, 0.5) is 18.9 Å². The number of hydrogen-bond acceptors (Lipinski definition) is 4. The summed E-state index contributed by atoms with van der Waals surface area (Å²) in [6.45, 7) is 0.616. The Morgan fingerprint density at radius 1 is 1.20 bits per heavy atom. The van der Waals surface area contributed by atoms with E-state index in [1.165, 1.54) is 0 Å². The van der Waals surface area contributed by atoms with Crippen LogP contribution in [-0.2, 0) is 12.8 Å². The van der Waals surface area contributed by atoms with Crippen LogP contribution in [0.25, 0.3) is 0 Å². The van der Waals surface area contributed by atoms with Gasteiger partial charge in [0, 0.05) is 18.9 Å². The summed E-state index contributed by atoms with van der Waals surface area (Å²) >= 11 is 6.26. The summed E-state index contributed by atoms with van der Waals surface area (Å²) in [5.74, 6) is -0.781. The third-order valence-electron chi connectivity index (χ3n) is 5.55. The molecule has 0 saturated heterocycles. The monoisotopic (exact) mass is 441 g/mol. The lowest BCUT2D eigenvalue weighted by Gasteiger charge is -2.30. The topological polar surface area (TPSA) is 88.2 Å². The standard InChI is InChI=1S/C21H23ClF3N3O2/c22-19-17(6-15(21(23,24)25)7-18(19)20(26)30)14-3-1-12(2-4-14)9-28-16-5-13(11-29)8-27-10-16/h5-8,10,12,14,28-29H,1-4,9,11H2,(H2,26,30). The molecule has 5 nitrogen and oxygen atoms in total. The van der Waals surface area contributed by atoms with Crippen LogP contribution in [0.15, 0.2) is 30.6 Å². The number of alkyl halides is 3. The smallest absolute Gasteiger partial charge is 0.392 e. The molecule has 1 aliphatic carbocycles. The van der Waals surface area contributed by atoms with Crippen molar-refractivity contribution in [3.8, 4) is 0 Å². The van der Waals surface area contributed by atoms with Crippen LogP contribution in [0, 0.1) is 5.92 Å². The van der Waals surface area contributed by atoms with Crippen molar-refractivity contribution in [1.82, 2.24) is 4.98 Å². The molecule has 3 rings (SSSR count). The van der Waals surface area contributed by atoms with Gasteiger partial charge in [-0.25, -0.2) is 0 Å². The van der Waals surface area contributed by atoms with Crippen LogP contribution in [0.3, 0.4) is 0 Å². The van der Waals surface area contributed by atoms with Gasteiger partial charge in [0.25, 0.3) is 0 Å². The number of benzene rings is 1. The van der Waals surface area contributed by atoms with E-state index in [4.69, 9.17) is 17.3 Å². The van der Waals surface area contributed by atoms with Crippen LogP contribution in [0.2, 0.25) is 5.02 Å². The second-order valence-corrected chi connectivity index (χ2v) is 8.01. The molecule has 1 amide bonds. The van der Waals surface area contributed by atoms with Gasteiger partial charge in [0.2, 0.25) is 5.91 Å². The molecule has 1 saturated carbocycles. The first kappa shape index (κ1) is 22.4. The average Bonchev–Trinajstić information content (AvgIpc) is 2.72. The molecular formula is C21H23ClF3N3O2. The van der Waals surface area contributed by atoms with Crippen molar-refractivity contribution in [2.24, 2.45) is 11.7 Å². The van der Waals surface area contributed by atoms with Crippen molar-refractivity contribution in [3.05, 3.63) is 57.9 Å². The quantitative estimate of drug-likeness (QED) is 0.604. The Balaban J connectivity index is 1.68. The minimum absolute atomic E-state index is 0.0176. The van der Waals surface area contributed by atoms with Crippen molar-refractivity contribution < 1.29 is 23.1 Å². The number of hydrogen-bond donors (Lipinski definition) is 3. The summed E-state index contributed by atoms with van der Waals surface area (Å²) in [6.07, 6.45) is 1.64. The number of aliphatic hydroxyl groups is 1. The Bertz CT molecular complexity index is 913. The Morgan fingerprint density at radius 3 is 2.50 bits per heavy atom. The first-order chi connectivity index (χ1) is 14.2. The van der Waals surface area contributed by atoms with Crippen LogP contribution >= 0.6 is 11.6 Å². The van der Waals surface area contributed by atoms with Gasteiger partial charge in [-0.1, -0.05) is 11.6 Å². The molecule has 0 bridgehead atoms. The maximum atomic E-state index is 13.3. The summed E-state index contributed by atoms with van der Waals surface area (Å²) in [4.78, 5) is 15.7. The zero-order valence-electron chi connectivity index (χ0n) is 16.2. The van der Waals surface area contributed by atoms with Gasteiger partial charge in [-0.05, 0) is 66.8 Å². The predicted molar refractivity (Wildman–Crippen MR) is 108 cm³/mol. The highest BCUT2D eigenvalue weighted by Crippen LogP contribution is 2.42. The first-order valence-electron chi connectivity index (χ1n) is 9.68. The van der Waals surface area contributed by atoms with Gasteiger partial charge in [0.05, 0.1) is 28.4 Å². The zero-order valence-corrected chi connectivity index (χ0v) is 16.9. The number of aromatic nitrogens is 1. The van der Waals surface area contributed by atoms with Crippen molar-refractivity contribution >= 4 is 23.2 Å². The fourth-order valence-electron chi connectivity index (χ4n) is 3.90. The summed E-state index contributed by atoms with van der Waals surface area (Å²) in [5, 5.41) is 12.5. The van der Waals surface area contributed by atoms with Crippen molar-refractivity contribution in [3.63, 3.8) is 0 Å². The number of primary amides is 1. The minimum Gasteiger partial charge on any atom is -0.392 e. The molecule has 0 aliphatic heterocycles. The van der Waals surface area contributed by atoms with Gasteiger partial charge < -0.3 is 16.2 Å². The van der Waals surface area contributed by atoms with E-state index in [-0.39, 0.29) is 23.1 Å². The zero-order chi connectivity index (χ0) is 21.9. The van der Waals surface area contributed by atoms with Gasteiger partial charge in [-0.3, -0.25) is 9.78 Å². The van der Waals surface area contributed by atoms with Crippen LogP contribution in [-0.4, -0.2) is 22.5 Å². The molecule has 162 valence electrons. The van der Waals surface area contributed by atoms with Crippen LogP contribution in [0.5, 0.6) is 0 Å². The number of carbonyl (C=O) groups excluding carboxylic acids is 1. The summed E-state index contributed by atoms with van der Waals surface area (Å²) in [5.41, 5.74) is 5.92. The molecule has 9 heteroatoms. The minimum atomic E-state index is -4.58. The number of carbonyl (C=O) groups is 1. The number of nitrogens with two attached hydrogens (primary N) is 1. The SMILES string of the molecule is NC(=O)c1cc(C(F)(F)F)cc(C2CCC(CNc3cncc(CO)c3)CC2)c1Cl. The molecule has 1 aromatic carbocycles. The Morgan fingerprint density at radius 2 is 1.90 bits per heavy atom. The summed E-state index contributed by atoms with van der Waals surface area (Å²) < 4.78 is 39.8. The molecule has 30 heavy (non-hydrogen) atoms. The van der Waals surface area contributed by atoms with E-state index in [1.54, 1.807) is 12.4 Å². The molecule has 1 aliphatic rings. The Kier molecular flexibility index (Phi) is 6.88. The number of aliphatic hydroxyl groups excluding tert-OH is 1. The van der Waals surface area contributed by atoms with Gasteiger partial charge in [0.15, 0.2) is 0 Å². The number of nitrogens with one attached hydrogen (secondary N) is 1. The second-order valence-electron chi connectivity index (χ2n) is 7.63. The second kappa shape index (κ2) is 9.22. The number of pyridine rings is 1. The maximum Gasteiger partial charge on any atom is 0.416 e. The van der Waals surface area contributed by atoms with Crippen molar-refractivity contribution in [2.75, 3.05) is 11.9 Å². The van der Waals surface area contributed by atoms with Crippen LogP contribution in [0.1, 0.15) is 58.6 Å².